The van der Waals surface area contributed by atoms with Crippen LogP contribution in [0.25, 0.3) is 10.9 Å². The molecule has 114 valence electrons. The van der Waals surface area contributed by atoms with Gasteiger partial charge in [-0.05, 0) is 19.4 Å². The number of nitrogens with two attached hydrogens (primary N) is 1. The predicted octanol–water partition coefficient (Wildman–Crippen LogP) is -2.87. The number of aryl methyl sites for hydroxylation is 1. The molecule has 3 rings (SSSR count). The number of rotatable bonds is 1. The fourth-order valence-corrected chi connectivity index (χ4v) is 2.94. The molecule has 0 spiro atoms. The number of fused-ring (bicyclic) bond motifs is 1. The summed E-state index contributed by atoms with van der Waals surface area (Å²) in [7, 11) is 17.8. The smallest absolute Gasteiger partial charge is 0.263 e. The fourth-order valence-electron chi connectivity index (χ4n) is 2.94. The van der Waals surface area contributed by atoms with Crippen molar-refractivity contribution in [2.24, 2.45) is 0 Å². The van der Waals surface area contributed by atoms with E-state index in [4.69, 9.17) is 29.3 Å². The highest BCUT2D eigenvalue weighted by atomic mass is 16.2. The highest BCUT2D eigenvalue weighted by Crippen LogP contribution is 2.24. The summed E-state index contributed by atoms with van der Waals surface area (Å²) in [6, 6.07) is 1.36. The number of nitrogen functional groups attached to an aromatic ring is 1. The normalized spacial score (nSPS) is 21.0. The summed E-state index contributed by atoms with van der Waals surface area (Å²) in [5.74, 6) is -1.06. The molecule has 1 aromatic carbocycles. The zero-order chi connectivity index (χ0) is 17.8. The zero-order valence-electron chi connectivity index (χ0n) is 12.9. The highest BCUT2D eigenvalue weighted by Gasteiger charge is 2.41. The van der Waals surface area contributed by atoms with E-state index in [0.717, 1.165) is 4.57 Å². The number of nitrogens with zero attached hydrogens (tertiary/aromatic N) is 2. The molecule has 10 heteroatoms. The number of nitrogens with one attached hydrogen (secondary N) is 1. The monoisotopic (exact) mass is 316 g/mol. The summed E-state index contributed by atoms with van der Waals surface area (Å²) < 4.78 is 1.04. The van der Waals surface area contributed by atoms with Crippen LogP contribution in [0.2, 0.25) is 0 Å². The Labute approximate surface area is 141 Å². The summed E-state index contributed by atoms with van der Waals surface area (Å²) in [5.41, 5.74) is 4.10. The van der Waals surface area contributed by atoms with Gasteiger partial charge >= 0.3 is 0 Å². The Balaban J connectivity index is 2.37. The van der Waals surface area contributed by atoms with Gasteiger partial charge < -0.3 is 5.73 Å². The Morgan fingerprint density at radius 1 is 1.33 bits per heavy atom. The van der Waals surface area contributed by atoms with E-state index >= 15 is 0 Å². The van der Waals surface area contributed by atoms with Crippen molar-refractivity contribution in [3.63, 3.8) is 0 Å². The largest absolute Gasteiger partial charge is 0.398 e. The number of aromatic nitrogens is 2. The van der Waals surface area contributed by atoms with Crippen LogP contribution in [0, 0.1) is 6.92 Å². The fraction of sp³-hybridized carbons (Fsp3) is 0.286. The molecule has 1 aliphatic heterocycles. The van der Waals surface area contributed by atoms with E-state index in [-0.39, 0.29) is 46.2 Å². The third kappa shape index (κ3) is 2.17. The second kappa shape index (κ2) is 5.26. The van der Waals surface area contributed by atoms with Gasteiger partial charge in [0, 0.05) is 12.1 Å². The lowest BCUT2D eigenvalue weighted by molar-refractivity contribution is -0.137. The number of benzene rings is 1. The molecule has 3 N–H and O–H groups in total. The minimum Gasteiger partial charge on any atom is -0.398 e. The van der Waals surface area contributed by atoms with Crippen LogP contribution in [-0.2, 0) is 15.0 Å². The first-order chi connectivity index (χ1) is 11.2. The number of imide groups is 1. The third-order valence-electron chi connectivity index (χ3n) is 4.20. The molecule has 1 fully saturated rings. The van der Waals surface area contributed by atoms with Crippen molar-refractivity contribution in [1.82, 2.24) is 14.9 Å². The highest BCUT2D eigenvalue weighted by molar-refractivity contribution is 6.52. The lowest BCUT2D eigenvalue weighted by Crippen LogP contribution is -2.58. The van der Waals surface area contributed by atoms with E-state index in [1.807, 2.05) is 0 Å². The van der Waals surface area contributed by atoms with E-state index < -0.39 is 22.8 Å². The van der Waals surface area contributed by atoms with Crippen LogP contribution < -0.4 is 27.5 Å². The first-order valence-corrected chi connectivity index (χ1v) is 7.17. The molecule has 1 atom stereocenters. The van der Waals surface area contributed by atoms with E-state index in [0.29, 0.717) is 0 Å². The molecule has 0 saturated carbocycles. The van der Waals surface area contributed by atoms with Crippen molar-refractivity contribution >= 4 is 62.9 Å². The molecule has 1 unspecified atom stereocenters. The van der Waals surface area contributed by atoms with Crippen LogP contribution in [0.3, 0.4) is 0 Å². The van der Waals surface area contributed by atoms with Gasteiger partial charge in [0.05, 0.1) is 16.3 Å². The summed E-state index contributed by atoms with van der Waals surface area (Å²) in [4.78, 5) is 40.9. The number of carbonyl (C=O) groups is 2. The van der Waals surface area contributed by atoms with Gasteiger partial charge in [0.2, 0.25) is 11.8 Å². The predicted molar refractivity (Wildman–Crippen MR) is 92.0 cm³/mol. The Morgan fingerprint density at radius 2 is 2.00 bits per heavy atom. The molecule has 6 radical (unpaired) electrons. The topological polar surface area (TPSA) is 107 Å². The van der Waals surface area contributed by atoms with Crippen molar-refractivity contribution in [1.29, 1.82) is 0 Å². The molecule has 2 aromatic rings. The van der Waals surface area contributed by atoms with Gasteiger partial charge in [0.15, 0.2) is 0 Å². The number of amides is 2. The minimum atomic E-state index is -1.74. The number of anilines is 1. The van der Waals surface area contributed by atoms with Gasteiger partial charge in [-0.3, -0.25) is 24.3 Å². The molecule has 1 aliphatic rings. The molecular weight excluding hydrogens is 305 g/mol. The maximum Gasteiger partial charge on any atom is 0.263 e. The number of hydrogen-bond acceptors (Lipinski definition) is 5. The lowest BCUT2D eigenvalue weighted by atomic mass is 9.70. The molecule has 2 heterocycles. The van der Waals surface area contributed by atoms with E-state index in [9.17, 15) is 14.4 Å². The average Bonchev–Trinajstić information content (AvgIpc) is 2.48. The molecule has 7 nitrogen and oxygen atoms in total. The van der Waals surface area contributed by atoms with Crippen molar-refractivity contribution in [3.05, 3.63) is 22.2 Å². The lowest BCUT2D eigenvalue weighted by Gasteiger charge is -2.35. The van der Waals surface area contributed by atoms with Crippen LogP contribution in [-0.4, -0.2) is 44.9 Å². The number of hydrogen-bond donors (Lipinski definition) is 2. The third-order valence-corrected chi connectivity index (χ3v) is 4.20. The first-order valence-electron chi connectivity index (χ1n) is 7.17. The van der Waals surface area contributed by atoms with Crippen molar-refractivity contribution in [2.75, 3.05) is 5.73 Å². The summed E-state index contributed by atoms with van der Waals surface area (Å²) in [6.45, 7) is 1.51. The minimum absolute atomic E-state index is 0.00547. The molecule has 1 aromatic heterocycles. The Morgan fingerprint density at radius 3 is 2.62 bits per heavy atom. The molecule has 0 aliphatic carbocycles. The average molecular weight is 316 g/mol. The van der Waals surface area contributed by atoms with E-state index in [1.54, 1.807) is 0 Å². The SMILES string of the molecule is [B]c1cc(N)c2c(=O)n(C3([B])CCC(=O)NC3=O)c(C)nc2c1[B]. The first kappa shape index (κ1) is 16.4. The molecular formula is C14H11B3N4O3. The second-order valence-electron chi connectivity index (χ2n) is 5.79. The summed E-state index contributed by atoms with van der Waals surface area (Å²) in [6.07, 6.45) is -0.0263. The summed E-state index contributed by atoms with van der Waals surface area (Å²) >= 11 is 0. The Hall–Kier alpha value is -2.51. The van der Waals surface area contributed by atoms with Crippen LogP contribution in [0.5, 0.6) is 0 Å². The maximum absolute atomic E-state index is 13.0. The Bertz CT molecular complexity index is 972. The van der Waals surface area contributed by atoms with Gasteiger partial charge in [-0.2, -0.15) is 0 Å². The van der Waals surface area contributed by atoms with E-state index in [1.165, 1.54) is 13.0 Å². The standard InChI is InChI=1S/C14H11B3N4O3/c1-5-19-11-9(7(18)4-6(15)10(11)16)12(23)21(5)14(17)3-2-8(22)20-13(14)24/h4H,2-3,18H2,1H3,(H,20,22,24). The molecule has 0 bridgehead atoms. The number of carbonyl (C=O) groups excluding carboxylic acids is 2. The van der Waals surface area contributed by atoms with Gasteiger partial charge in [0.25, 0.3) is 5.56 Å². The molecule has 2 amide bonds. The van der Waals surface area contributed by atoms with Gasteiger partial charge in [-0.15, -0.1) is 0 Å². The number of piperidine rings is 1. The maximum atomic E-state index is 13.0. The van der Waals surface area contributed by atoms with Crippen LogP contribution in [0.4, 0.5) is 5.69 Å². The molecule has 24 heavy (non-hydrogen) atoms. The quantitative estimate of drug-likeness (QED) is 0.334. The van der Waals surface area contributed by atoms with Crippen molar-refractivity contribution in [3.8, 4) is 0 Å². The summed E-state index contributed by atoms with van der Waals surface area (Å²) in [5, 5.41) is 2.17. The zero-order valence-corrected chi connectivity index (χ0v) is 12.9. The van der Waals surface area contributed by atoms with Crippen molar-refractivity contribution < 1.29 is 9.59 Å². The van der Waals surface area contributed by atoms with Crippen LogP contribution in [0.15, 0.2) is 10.9 Å². The Kier molecular flexibility index (Phi) is 3.58. The van der Waals surface area contributed by atoms with Crippen LogP contribution >= 0.6 is 0 Å². The van der Waals surface area contributed by atoms with Crippen LogP contribution in [0.1, 0.15) is 18.7 Å². The second-order valence-corrected chi connectivity index (χ2v) is 5.79. The van der Waals surface area contributed by atoms with Gasteiger partial charge in [0.1, 0.15) is 29.4 Å². The van der Waals surface area contributed by atoms with Crippen molar-refractivity contribution in [2.45, 2.75) is 25.2 Å². The molecule has 1 saturated heterocycles. The van der Waals surface area contributed by atoms with Gasteiger partial charge in [-0.25, -0.2) is 4.98 Å². The van der Waals surface area contributed by atoms with Gasteiger partial charge in [-0.1, -0.05) is 10.9 Å². The van der Waals surface area contributed by atoms with E-state index in [2.05, 4.69) is 10.3 Å².